The number of carbonyl (C=O) groups excluding carboxylic acids is 3. The van der Waals surface area contributed by atoms with Crippen molar-refractivity contribution in [3.05, 3.63) is 0 Å². The number of imide groups is 2. The molecule has 1 aliphatic heterocycles. The molecule has 2 aliphatic rings. The molecular weight excluding hydrogens is 270 g/mol. The molecule has 118 valence electrons. The van der Waals surface area contributed by atoms with Crippen molar-refractivity contribution in [3.8, 4) is 0 Å². The van der Waals surface area contributed by atoms with Crippen LogP contribution >= 0.6 is 0 Å². The number of barbiturate groups is 1. The van der Waals surface area contributed by atoms with Crippen LogP contribution in [0.4, 0.5) is 4.79 Å². The van der Waals surface area contributed by atoms with E-state index in [2.05, 4.69) is 5.32 Å². The number of rotatable bonds is 3. The Hall–Kier alpha value is -1.43. The summed E-state index contributed by atoms with van der Waals surface area (Å²) in [6.45, 7) is 2.43. The van der Waals surface area contributed by atoms with Gasteiger partial charge in [0, 0.05) is 6.54 Å². The third-order valence-corrected chi connectivity index (χ3v) is 4.53. The summed E-state index contributed by atoms with van der Waals surface area (Å²) >= 11 is 0. The lowest BCUT2D eigenvalue weighted by Gasteiger charge is -2.41. The Kier molecular flexibility index (Phi) is 4.66. The van der Waals surface area contributed by atoms with Crippen LogP contribution in [0.25, 0.3) is 0 Å². The first-order valence-corrected chi connectivity index (χ1v) is 7.72. The van der Waals surface area contributed by atoms with E-state index in [1.54, 1.807) is 0 Å². The van der Waals surface area contributed by atoms with Gasteiger partial charge in [0.15, 0.2) is 0 Å². The summed E-state index contributed by atoms with van der Waals surface area (Å²) < 4.78 is 0. The Morgan fingerprint density at radius 2 is 1.71 bits per heavy atom. The lowest BCUT2D eigenvalue weighted by Crippen LogP contribution is -2.66. The van der Waals surface area contributed by atoms with Crippen molar-refractivity contribution >= 4 is 17.8 Å². The molecule has 1 heterocycles. The zero-order chi connectivity index (χ0) is 15.6. The fourth-order valence-electron chi connectivity index (χ4n) is 3.48. The molecule has 1 N–H and O–H groups in total. The second-order valence-corrected chi connectivity index (χ2v) is 6.54. The van der Waals surface area contributed by atoms with Gasteiger partial charge in [-0.25, -0.2) is 4.79 Å². The summed E-state index contributed by atoms with van der Waals surface area (Å²) in [7, 11) is 3.80. The molecule has 1 spiro atoms. The maximum Gasteiger partial charge on any atom is 0.331 e. The van der Waals surface area contributed by atoms with Crippen molar-refractivity contribution < 1.29 is 14.4 Å². The number of likely N-dealkylation sites (N-methyl/N-ethyl adjacent to an activating group) is 1. The summed E-state index contributed by atoms with van der Waals surface area (Å²) in [5.41, 5.74) is -1.02. The van der Waals surface area contributed by atoms with E-state index in [0.29, 0.717) is 19.4 Å². The first-order valence-electron chi connectivity index (χ1n) is 7.72. The molecule has 1 saturated heterocycles. The van der Waals surface area contributed by atoms with Crippen molar-refractivity contribution in [2.45, 2.75) is 51.5 Å². The molecule has 0 aromatic rings. The Bertz CT molecular complexity index is 439. The van der Waals surface area contributed by atoms with Gasteiger partial charge >= 0.3 is 6.03 Å². The van der Waals surface area contributed by atoms with Crippen LogP contribution in [-0.4, -0.2) is 54.3 Å². The Morgan fingerprint density at radius 3 is 2.24 bits per heavy atom. The Labute approximate surface area is 125 Å². The van der Waals surface area contributed by atoms with Crippen LogP contribution in [0.5, 0.6) is 0 Å². The van der Waals surface area contributed by atoms with Crippen molar-refractivity contribution in [2.24, 2.45) is 5.41 Å². The first-order chi connectivity index (χ1) is 9.88. The Morgan fingerprint density at radius 1 is 1.14 bits per heavy atom. The summed E-state index contributed by atoms with van der Waals surface area (Å²) in [5, 5.41) is 2.41. The number of hydrogen-bond donors (Lipinski definition) is 1. The molecule has 0 aromatic heterocycles. The highest BCUT2D eigenvalue weighted by molar-refractivity contribution is 6.19. The van der Waals surface area contributed by atoms with Crippen LogP contribution in [0, 0.1) is 5.41 Å². The molecule has 2 fully saturated rings. The number of hydrogen-bond acceptors (Lipinski definition) is 4. The maximum atomic E-state index is 12.9. The third kappa shape index (κ3) is 2.95. The summed E-state index contributed by atoms with van der Waals surface area (Å²) in [5.74, 6) is -0.694. The molecule has 1 atom stereocenters. The fourth-order valence-corrected chi connectivity index (χ4v) is 3.48. The normalized spacial score (nSPS) is 24.2. The highest BCUT2D eigenvalue weighted by atomic mass is 16.2. The molecule has 21 heavy (non-hydrogen) atoms. The lowest BCUT2D eigenvalue weighted by molar-refractivity contribution is -0.154. The maximum absolute atomic E-state index is 12.9. The number of amides is 4. The molecule has 6 heteroatoms. The van der Waals surface area contributed by atoms with E-state index in [1.807, 2.05) is 25.9 Å². The molecule has 1 unspecified atom stereocenters. The van der Waals surface area contributed by atoms with Gasteiger partial charge in [0.05, 0.1) is 6.04 Å². The van der Waals surface area contributed by atoms with Crippen LogP contribution in [0.3, 0.4) is 0 Å². The lowest BCUT2D eigenvalue weighted by atomic mass is 9.76. The minimum atomic E-state index is -1.02. The van der Waals surface area contributed by atoms with Gasteiger partial charge in [-0.15, -0.1) is 0 Å². The quantitative estimate of drug-likeness (QED) is 0.798. The van der Waals surface area contributed by atoms with Gasteiger partial charge in [-0.2, -0.15) is 0 Å². The molecule has 1 saturated carbocycles. The standard InChI is InChI=1S/C15H25N3O3/c1-11(10-17(2)3)18-13(20)15(12(19)16-14(18)21)8-6-4-5-7-9-15/h11H,4-10H2,1-3H3,(H,16,19,21). The number of carbonyl (C=O) groups is 3. The minimum absolute atomic E-state index is 0.249. The van der Waals surface area contributed by atoms with Crippen LogP contribution in [-0.2, 0) is 9.59 Å². The molecule has 1 aliphatic carbocycles. The molecular formula is C15H25N3O3. The average molecular weight is 295 g/mol. The summed E-state index contributed by atoms with van der Waals surface area (Å²) in [6, 6.07) is -0.824. The fraction of sp³-hybridized carbons (Fsp3) is 0.800. The van der Waals surface area contributed by atoms with Gasteiger partial charge in [0.25, 0.3) is 0 Å². The second kappa shape index (κ2) is 6.13. The smallest absolute Gasteiger partial charge is 0.307 e. The predicted octanol–water partition coefficient (Wildman–Crippen LogP) is 1.36. The number of nitrogens with one attached hydrogen (secondary N) is 1. The van der Waals surface area contributed by atoms with E-state index < -0.39 is 17.4 Å². The van der Waals surface area contributed by atoms with E-state index >= 15 is 0 Å². The van der Waals surface area contributed by atoms with E-state index in [-0.39, 0.29) is 11.9 Å². The van der Waals surface area contributed by atoms with Crippen LogP contribution in [0.2, 0.25) is 0 Å². The van der Waals surface area contributed by atoms with Gasteiger partial charge in [-0.05, 0) is 33.9 Å². The molecule has 0 aromatic carbocycles. The zero-order valence-corrected chi connectivity index (χ0v) is 13.1. The average Bonchev–Trinajstić information content (AvgIpc) is 2.62. The van der Waals surface area contributed by atoms with Gasteiger partial charge in [0.1, 0.15) is 5.41 Å². The largest absolute Gasteiger partial charge is 0.331 e. The topological polar surface area (TPSA) is 69.7 Å². The number of nitrogens with zero attached hydrogens (tertiary/aromatic N) is 2. The van der Waals surface area contributed by atoms with Crippen LogP contribution < -0.4 is 5.32 Å². The van der Waals surface area contributed by atoms with Crippen LogP contribution in [0.1, 0.15) is 45.4 Å². The summed E-state index contributed by atoms with van der Waals surface area (Å²) in [4.78, 5) is 40.6. The van der Waals surface area contributed by atoms with E-state index in [4.69, 9.17) is 0 Å². The molecule has 4 amide bonds. The monoisotopic (exact) mass is 295 g/mol. The first kappa shape index (κ1) is 15.9. The Balaban J connectivity index is 2.28. The minimum Gasteiger partial charge on any atom is -0.307 e. The molecule has 0 radical (unpaired) electrons. The highest BCUT2D eigenvalue weighted by Crippen LogP contribution is 2.39. The SMILES string of the molecule is CC(CN(C)C)N1C(=O)NC(=O)C2(CCCCCC2)C1=O. The van der Waals surface area contributed by atoms with Gasteiger partial charge < -0.3 is 4.90 Å². The van der Waals surface area contributed by atoms with E-state index in [0.717, 1.165) is 25.7 Å². The van der Waals surface area contributed by atoms with Crippen molar-refractivity contribution in [3.63, 3.8) is 0 Å². The second-order valence-electron chi connectivity index (χ2n) is 6.54. The van der Waals surface area contributed by atoms with Crippen molar-refractivity contribution in [2.75, 3.05) is 20.6 Å². The van der Waals surface area contributed by atoms with Gasteiger partial charge in [-0.1, -0.05) is 25.7 Å². The third-order valence-electron chi connectivity index (χ3n) is 4.53. The van der Waals surface area contributed by atoms with E-state index in [9.17, 15) is 14.4 Å². The molecule has 0 bridgehead atoms. The van der Waals surface area contributed by atoms with Crippen molar-refractivity contribution in [1.29, 1.82) is 0 Å². The van der Waals surface area contributed by atoms with E-state index in [1.165, 1.54) is 4.90 Å². The van der Waals surface area contributed by atoms with Gasteiger partial charge in [-0.3, -0.25) is 19.8 Å². The molecule has 6 nitrogen and oxygen atoms in total. The number of urea groups is 1. The van der Waals surface area contributed by atoms with Gasteiger partial charge in [0.2, 0.25) is 11.8 Å². The van der Waals surface area contributed by atoms with Crippen molar-refractivity contribution in [1.82, 2.24) is 15.1 Å². The highest BCUT2D eigenvalue weighted by Gasteiger charge is 2.54. The molecule has 2 rings (SSSR count). The predicted molar refractivity (Wildman–Crippen MR) is 78.5 cm³/mol. The van der Waals surface area contributed by atoms with Crippen LogP contribution in [0.15, 0.2) is 0 Å². The zero-order valence-electron chi connectivity index (χ0n) is 13.1. The summed E-state index contributed by atoms with van der Waals surface area (Å²) in [6.07, 6.45) is 4.92.